The first-order valence-corrected chi connectivity index (χ1v) is 4.86. The van der Waals surface area contributed by atoms with Crippen LogP contribution in [0.5, 0.6) is 0 Å². The fourth-order valence-electron chi connectivity index (χ4n) is 1.01. The van der Waals surface area contributed by atoms with Crippen molar-refractivity contribution in [2.45, 2.75) is 26.8 Å². The predicted molar refractivity (Wildman–Crippen MR) is 56.2 cm³/mol. The lowest BCUT2D eigenvalue weighted by molar-refractivity contribution is -0.140. The Morgan fingerprint density at radius 1 is 1.19 bits per heavy atom. The molecule has 0 saturated carbocycles. The number of nitrogens with one attached hydrogen (secondary N) is 3. The van der Waals surface area contributed by atoms with Gasteiger partial charge in [0.05, 0.1) is 6.54 Å². The molecule has 0 saturated heterocycles. The first-order chi connectivity index (χ1) is 7.34. The zero-order chi connectivity index (χ0) is 12.7. The topological polar surface area (TPSA) is 108 Å². The normalized spacial score (nSPS) is 12.0. The Bertz CT molecular complexity index is 278. The zero-order valence-electron chi connectivity index (χ0n) is 9.53. The molecule has 0 aromatic rings. The molecule has 1 unspecified atom stereocenters. The highest BCUT2D eigenvalue weighted by Gasteiger charge is 2.21. The van der Waals surface area contributed by atoms with Crippen LogP contribution in [0.1, 0.15) is 20.8 Å². The Morgan fingerprint density at radius 3 is 2.12 bits per heavy atom. The minimum atomic E-state index is -1.01. The number of carbonyl (C=O) groups excluding carboxylic acids is 2. The molecule has 0 fully saturated rings. The first kappa shape index (κ1) is 14.4. The van der Waals surface area contributed by atoms with Crippen LogP contribution in [0.25, 0.3) is 0 Å². The summed E-state index contributed by atoms with van der Waals surface area (Å²) >= 11 is 0. The van der Waals surface area contributed by atoms with Crippen LogP contribution < -0.4 is 16.2 Å². The maximum Gasteiger partial charge on any atom is 0.320 e. The second-order valence-corrected chi connectivity index (χ2v) is 3.67. The molecule has 0 spiro atoms. The van der Waals surface area contributed by atoms with Crippen LogP contribution in [0.3, 0.4) is 0 Å². The van der Waals surface area contributed by atoms with Crippen LogP contribution in [0.4, 0.5) is 0 Å². The van der Waals surface area contributed by atoms with Gasteiger partial charge in [-0.05, 0) is 5.92 Å². The standard InChI is InChI=1S/C9H17N3O4/c1-5(2)8(9(15)16)10-4-7(14)12-11-6(3)13/h5,8,10H,4H2,1-3H3,(H,11,13)(H,12,14)(H,15,16). The summed E-state index contributed by atoms with van der Waals surface area (Å²) in [5, 5.41) is 11.4. The van der Waals surface area contributed by atoms with E-state index in [4.69, 9.17) is 5.11 Å². The van der Waals surface area contributed by atoms with Gasteiger partial charge in [-0.1, -0.05) is 13.8 Å². The number of carboxylic acid groups (broad SMARTS) is 1. The highest BCUT2D eigenvalue weighted by atomic mass is 16.4. The number of amides is 2. The number of hydrogen-bond acceptors (Lipinski definition) is 4. The summed E-state index contributed by atoms with van der Waals surface area (Å²) in [6, 6.07) is -0.789. The molecule has 7 nitrogen and oxygen atoms in total. The Morgan fingerprint density at radius 2 is 1.75 bits per heavy atom. The molecular weight excluding hydrogens is 214 g/mol. The summed E-state index contributed by atoms with van der Waals surface area (Å²) in [4.78, 5) is 32.3. The summed E-state index contributed by atoms with van der Waals surface area (Å²) in [5.74, 6) is -2.04. The molecule has 16 heavy (non-hydrogen) atoms. The van der Waals surface area contributed by atoms with Crippen LogP contribution >= 0.6 is 0 Å². The third-order valence-corrected chi connectivity index (χ3v) is 1.79. The third-order valence-electron chi connectivity index (χ3n) is 1.79. The van der Waals surface area contributed by atoms with Crippen LogP contribution in [-0.4, -0.2) is 35.5 Å². The Labute approximate surface area is 93.6 Å². The van der Waals surface area contributed by atoms with Crippen molar-refractivity contribution in [1.29, 1.82) is 0 Å². The largest absolute Gasteiger partial charge is 0.480 e. The fraction of sp³-hybridized carbons (Fsp3) is 0.667. The number of hydrogen-bond donors (Lipinski definition) is 4. The quantitative estimate of drug-likeness (QED) is 0.447. The number of carboxylic acids is 1. The van der Waals surface area contributed by atoms with Crippen LogP contribution in [-0.2, 0) is 14.4 Å². The van der Waals surface area contributed by atoms with Gasteiger partial charge in [0.25, 0.3) is 5.91 Å². The summed E-state index contributed by atoms with van der Waals surface area (Å²) in [5.41, 5.74) is 4.22. The van der Waals surface area contributed by atoms with Crippen molar-refractivity contribution in [2.75, 3.05) is 6.54 Å². The molecule has 4 N–H and O–H groups in total. The van der Waals surface area contributed by atoms with Crippen molar-refractivity contribution in [2.24, 2.45) is 5.92 Å². The Balaban J connectivity index is 3.97. The van der Waals surface area contributed by atoms with Gasteiger partial charge in [-0.3, -0.25) is 30.6 Å². The molecule has 7 heteroatoms. The Kier molecular flexibility index (Phi) is 6.09. The molecular formula is C9H17N3O4. The highest BCUT2D eigenvalue weighted by molar-refractivity contribution is 5.82. The SMILES string of the molecule is CC(=O)NNC(=O)CNC(C(=O)O)C(C)C. The van der Waals surface area contributed by atoms with E-state index in [0.29, 0.717) is 0 Å². The molecule has 0 aromatic carbocycles. The second kappa shape index (κ2) is 6.78. The number of hydrazine groups is 1. The van der Waals surface area contributed by atoms with Gasteiger partial charge in [0.15, 0.2) is 0 Å². The second-order valence-electron chi connectivity index (χ2n) is 3.67. The molecule has 2 amide bonds. The van der Waals surface area contributed by atoms with E-state index in [1.807, 2.05) is 0 Å². The van der Waals surface area contributed by atoms with E-state index in [1.54, 1.807) is 13.8 Å². The molecule has 0 aliphatic heterocycles. The maximum absolute atomic E-state index is 11.1. The van der Waals surface area contributed by atoms with Crippen LogP contribution in [0.2, 0.25) is 0 Å². The van der Waals surface area contributed by atoms with Gasteiger partial charge in [0, 0.05) is 6.92 Å². The van der Waals surface area contributed by atoms with Crippen molar-refractivity contribution in [1.82, 2.24) is 16.2 Å². The van der Waals surface area contributed by atoms with Crippen molar-refractivity contribution >= 4 is 17.8 Å². The fourth-order valence-corrected chi connectivity index (χ4v) is 1.01. The monoisotopic (exact) mass is 231 g/mol. The van der Waals surface area contributed by atoms with E-state index in [2.05, 4.69) is 16.2 Å². The van der Waals surface area contributed by atoms with Gasteiger partial charge in [0.2, 0.25) is 5.91 Å². The predicted octanol–water partition coefficient (Wildman–Crippen LogP) is -1.15. The van der Waals surface area contributed by atoms with Gasteiger partial charge >= 0.3 is 5.97 Å². The average molecular weight is 231 g/mol. The van der Waals surface area contributed by atoms with E-state index in [-0.39, 0.29) is 12.5 Å². The van der Waals surface area contributed by atoms with Gasteiger partial charge in [-0.15, -0.1) is 0 Å². The average Bonchev–Trinajstić information content (AvgIpc) is 2.13. The molecule has 1 atom stereocenters. The third kappa shape index (κ3) is 5.97. The van der Waals surface area contributed by atoms with E-state index < -0.39 is 23.8 Å². The minimum absolute atomic E-state index is 0.133. The van der Waals surface area contributed by atoms with E-state index in [9.17, 15) is 14.4 Å². The van der Waals surface area contributed by atoms with E-state index in [0.717, 1.165) is 0 Å². The molecule has 0 aromatic heterocycles. The van der Waals surface area contributed by atoms with Gasteiger partial charge in [0.1, 0.15) is 6.04 Å². The van der Waals surface area contributed by atoms with Crippen molar-refractivity contribution < 1.29 is 19.5 Å². The van der Waals surface area contributed by atoms with E-state index in [1.165, 1.54) is 6.92 Å². The maximum atomic E-state index is 11.1. The summed E-state index contributed by atoms with van der Waals surface area (Å²) in [6.07, 6.45) is 0. The smallest absolute Gasteiger partial charge is 0.320 e. The van der Waals surface area contributed by atoms with Crippen LogP contribution in [0, 0.1) is 5.92 Å². The molecule has 0 aliphatic rings. The summed E-state index contributed by atoms with van der Waals surface area (Å²) in [6.45, 7) is 4.55. The van der Waals surface area contributed by atoms with Crippen LogP contribution in [0.15, 0.2) is 0 Å². The van der Waals surface area contributed by atoms with Gasteiger partial charge in [-0.2, -0.15) is 0 Å². The number of carbonyl (C=O) groups is 3. The summed E-state index contributed by atoms with van der Waals surface area (Å²) in [7, 11) is 0. The van der Waals surface area contributed by atoms with Crippen molar-refractivity contribution in [3.8, 4) is 0 Å². The molecule has 0 radical (unpaired) electrons. The van der Waals surface area contributed by atoms with Gasteiger partial charge in [-0.25, -0.2) is 0 Å². The zero-order valence-corrected chi connectivity index (χ0v) is 9.53. The number of rotatable bonds is 5. The highest BCUT2D eigenvalue weighted by Crippen LogP contribution is 2.00. The minimum Gasteiger partial charge on any atom is -0.480 e. The molecule has 0 rings (SSSR count). The molecule has 92 valence electrons. The molecule has 0 aliphatic carbocycles. The molecule has 0 heterocycles. The van der Waals surface area contributed by atoms with E-state index >= 15 is 0 Å². The first-order valence-electron chi connectivity index (χ1n) is 4.86. The Hall–Kier alpha value is -1.63. The lowest BCUT2D eigenvalue weighted by Gasteiger charge is -2.17. The molecule has 0 bridgehead atoms. The van der Waals surface area contributed by atoms with Gasteiger partial charge < -0.3 is 5.11 Å². The summed E-state index contributed by atoms with van der Waals surface area (Å²) < 4.78 is 0. The number of aliphatic carboxylic acids is 1. The van der Waals surface area contributed by atoms with Crippen molar-refractivity contribution in [3.05, 3.63) is 0 Å². The lowest BCUT2D eigenvalue weighted by Crippen LogP contribution is -2.49. The lowest BCUT2D eigenvalue weighted by atomic mass is 10.1. The van der Waals surface area contributed by atoms with Crippen molar-refractivity contribution in [3.63, 3.8) is 0 Å².